The molecule has 0 spiro atoms. The summed E-state index contributed by atoms with van der Waals surface area (Å²) in [6, 6.07) is 17.0. The molecule has 0 saturated carbocycles. The van der Waals surface area contributed by atoms with E-state index < -0.39 is 5.60 Å². The molecule has 3 aromatic rings. The van der Waals surface area contributed by atoms with Crippen LogP contribution in [0.15, 0.2) is 60.9 Å². The summed E-state index contributed by atoms with van der Waals surface area (Å²) < 4.78 is 8.08. The van der Waals surface area contributed by atoms with E-state index in [4.69, 9.17) is 4.74 Å². The highest BCUT2D eigenvalue weighted by atomic mass is 16.5. The Morgan fingerprint density at radius 1 is 1.12 bits per heavy atom. The minimum absolute atomic E-state index is 0.00845. The first-order valence-corrected chi connectivity index (χ1v) is 11.1. The normalized spacial score (nSPS) is 19.1. The molecule has 2 heterocycles. The second kappa shape index (κ2) is 9.27. The zero-order valence-electron chi connectivity index (χ0n) is 19.4. The van der Waals surface area contributed by atoms with Gasteiger partial charge in [0.15, 0.2) is 5.60 Å². The molecule has 0 radical (unpaired) electrons. The Bertz CT molecular complexity index is 1070. The predicted octanol–water partition coefficient (Wildman–Crippen LogP) is 3.30. The van der Waals surface area contributed by atoms with Crippen molar-refractivity contribution < 1.29 is 9.53 Å². The van der Waals surface area contributed by atoms with Crippen molar-refractivity contribution in [1.82, 2.24) is 19.6 Å². The monoisotopic (exact) mass is 432 g/mol. The van der Waals surface area contributed by atoms with Gasteiger partial charge in [0.1, 0.15) is 0 Å². The number of hydrogen-bond acceptors (Lipinski definition) is 4. The number of morpholine rings is 1. The van der Waals surface area contributed by atoms with Gasteiger partial charge >= 0.3 is 0 Å². The average Bonchev–Trinajstić information content (AvgIpc) is 3.18. The predicted molar refractivity (Wildman–Crippen MR) is 126 cm³/mol. The van der Waals surface area contributed by atoms with Crippen molar-refractivity contribution in [3.63, 3.8) is 0 Å². The van der Waals surface area contributed by atoms with Crippen LogP contribution in [0.3, 0.4) is 0 Å². The largest absolute Gasteiger partial charge is 0.362 e. The Balaban J connectivity index is 1.60. The number of nitrogens with zero attached hydrogens (tertiary/aromatic N) is 4. The summed E-state index contributed by atoms with van der Waals surface area (Å²) in [6.07, 6.45) is 4.44. The molecule has 6 heteroatoms. The third kappa shape index (κ3) is 4.92. The Morgan fingerprint density at radius 2 is 1.91 bits per heavy atom. The van der Waals surface area contributed by atoms with Gasteiger partial charge < -0.3 is 9.64 Å². The van der Waals surface area contributed by atoms with Crippen LogP contribution in [-0.2, 0) is 29.5 Å². The zero-order valence-corrected chi connectivity index (χ0v) is 19.4. The van der Waals surface area contributed by atoms with Gasteiger partial charge in [0, 0.05) is 59.0 Å². The van der Waals surface area contributed by atoms with Crippen LogP contribution in [0.5, 0.6) is 0 Å². The van der Waals surface area contributed by atoms with E-state index in [0.717, 1.165) is 29.8 Å². The Labute approximate surface area is 190 Å². The molecule has 32 heavy (non-hydrogen) atoms. The smallest absolute Gasteiger partial charge is 0.255 e. The van der Waals surface area contributed by atoms with E-state index in [-0.39, 0.29) is 5.91 Å². The summed E-state index contributed by atoms with van der Waals surface area (Å²) in [5, 5.41) is 4.28. The number of carbonyl (C=O) groups is 1. The lowest BCUT2D eigenvalue weighted by atomic mass is 9.89. The van der Waals surface area contributed by atoms with Crippen LogP contribution in [0.2, 0.25) is 0 Å². The number of aromatic nitrogens is 2. The van der Waals surface area contributed by atoms with Crippen LogP contribution < -0.4 is 0 Å². The number of benzene rings is 2. The summed E-state index contributed by atoms with van der Waals surface area (Å²) in [5.74, 6) is 0.00845. The van der Waals surface area contributed by atoms with Crippen LogP contribution in [-0.4, -0.2) is 64.9 Å². The molecule has 0 N–H and O–H groups in total. The molecule has 1 aromatic heterocycles. The van der Waals surface area contributed by atoms with Crippen LogP contribution in [0.4, 0.5) is 0 Å². The molecule has 1 fully saturated rings. The minimum atomic E-state index is -0.907. The van der Waals surface area contributed by atoms with Gasteiger partial charge in [-0.3, -0.25) is 14.4 Å². The molecule has 0 bridgehead atoms. The third-order valence-corrected chi connectivity index (χ3v) is 6.03. The van der Waals surface area contributed by atoms with Crippen molar-refractivity contribution in [2.75, 3.05) is 33.8 Å². The fourth-order valence-corrected chi connectivity index (χ4v) is 4.46. The lowest BCUT2D eigenvalue weighted by Gasteiger charge is -2.43. The van der Waals surface area contributed by atoms with Crippen LogP contribution in [0, 0.1) is 6.92 Å². The topological polar surface area (TPSA) is 50.6 Å². The maximum atomic E-state index is 13.4. The molecule has 168 valence electrons. The van der Waals surface area contributed by atoms with Gasteiger partial charge in [-0.2, -0.15) is 5.10 Å². The number of hydrogen-bond donors (Lipinski definition) is 0. The highest BCUT2D eigenvalue weighted by molar-refractivity contribution is 5.86. The second-order valence-corrected chi connectivity index (χ2v) is 9.02. The first-order valence-electron chi connectivity index (χ1n) is 11.1. The Hall–Kier alpha value is -2.96. The van der Waals surface area contributed by atoms with E-state index in [1.54, 1.807) is 19.0 Å². The number of amides is 1. The fraction of sp³-hybridized carbons (Fsp3) is 0.385. The van der Waals surface area contributed by atoms with E-state index in [1.807, 2.05) is 24.1 Å². The molecule has 0 aliphatic carbocycles. The average molecular weight is 433 g/mol. The van der Waals surface area contributed by atoms with E-state index in [0.29, 0.717) is 19.6 Å². The van der Waals surface area contributed by atoms with E-state index >= 15 is 0 Å². The maximum absolute atomic E-state index is 13.4. The first kappa shape index (κ1) is 22.2. The minimum Gasteiger partial charge on any atom is -0.362 e. The number of likely N-dealkylation sites (N-methyl/N-ethyl adjacent to an activating group) is 1. The second-order valence-electron chi connectivity index (χ2n) is 9.02. The van der Waals surface area contributed by atoms with Gasteiger partial charge in [0.2, 0.25) is 0 Å². The van der Waals surface area contributed by atoms with Gasteiger partial charge in [-0.1, -0.05) is 54.1 Å². The molecule has 1 aliphatic rings. The van der Waals surface area contributed by atoms with Crippen LogP contribution in [0.1, 0.15) is 16.7 Å². The fourth-order valence-electron chi connectivity index (χ4n) is 4.46. The molecular weight excluding hydrogens is 400 g/mol. The zero-order chi connectivity index (χ0) is 22.7. The van der Waals surface area contributed by atoms with Gasteiger partial charge in [-0.25, -0.2) is 0 Å². The maximum Gasteiger partial charge on any atom is 0.255 e. The van der Waals surface area contributed by atoms with E-state index in [2.05, 4.69) is 65.5 Å². The van der Waals surface area contributed by atoms with Gasteiger partial charge in [-0.15, -0.1) is 0 Å². The van der Waals surface area contributed by atoms with E-state index in [9.17, 15) is 4.79 Å². The summed E-state index contributed by atoms with van der Waals surface area (Å²) >= 11 is 0. The summed E-state index contributed by atoms with van der Waals surface area (Å²) in [7, 11) is 5.52. The van der Waals surface area contributed by atoms with E-state index in [1.165, 1.54) is 11.1 Å². The summed E-state index contributed by atoms with van der Waals surface area (Å²) in [4.78, 5) is 17.3. The first-order chi connectivity index (χ1) is 15.3. The van der Waals surface area contributed by atoms with Gasteiger partial charge in [-0.05, 0) is 23.6 Å². The summed E-state index contributed by atoms with van der Waals surface area (Å²) in [5.41, 5.74) is 4.90. The lowest BCUT2D eigenvalue weighted by Crippen LogP contribution is -2.60. The highest BCUT2D eigenvalue weighted by Crippen LogP contribution is 2.29. The molecule has 6 nitrogen and oxygen atoms in total. The molecule has 1 atom stereocenters. The number of aryl methyl sites for hydroxylation is 2. The van der Waals surface area contributed by atoms with Crippen molar-refractivity contribution in [3.8, 4) is 11.1 Å². The quantitative estimate of drug-likeness (QED) is 0.600. The molecule has 1 saturated heterocycles. The highest BCUT2D eigenvalue weighted by Gasteiger charge is 2.44. The Morgan fingerprint density at radius 3 is 2.59 bits per heavy atom. The SMILES string of the molecule is Cc1ccc(-c2cccc(C[C@@]3(C(=O)N(C)C)CN(Cc4cnn(C)c4)CCO3)c2)cc1. The number of rotatable bonds is 6. The summed E-state index contributed by atoms with van der Waals surface area (Å²) in [6.45, 7) is 4.71. The number of ether oxygens (including phenoxy) is 1. The molecule has 4 rings (SSSR count). The molecular formula is C26H32N4O2. The van der Waals surface area contributed by atoms with Crippen molar-refractivity contribution in [2.45, 2.75) is 25.5 Å². The Kier molecular flexibility index (Phi) is 6.44. The lowest BCUT2D eigenvalue weighted by molar-refractivity contribution is -0.169. The van der Waals surface area contributed by atoms with Crippen molar-refractivity contribution in [3.05, 3.63) is 77.6 Å². The van der Waals surface area contributed by atoms with Crippen molar-refractivity contribution in [2.24, 2.45) is 7.05 Å². The molecule has 2 aromatic carbocycles. The van der Waals surface area contributed by atoms with Gasteiger partial charge in [0.05, 0.1) is 12.8 Å². The number of carbonyl (C=O) groups excluding carboxylic acids is 1. The van der Waals surface area contributed by atoms with Crippen LogP contribution in [0.25, 0.3) is 11.1 Å². The van der Waals surface area contributed by atoms with Crippen molar-refractivity contribution in [1.29, 1.82) is 0 Å². The third-order valence-electron chi connectivity index (χ3n) is 6.03. The van der Waals surface area contributed by atoms with Gasteiger partial charge in [0.25, 0.3) is 5.91 Å². The molecule has 0 unspecified atom stereocenters. The molecule has 1 amide bonds. The molecule has 1 aliphatic heterocycles. The standard InChI is InChI=1S/C26H32N4O2/c1-20-8-10-23(11-9-20)24-7-5-6-21(14-24)15-26(25(31)28(2)3)19-30(12-13-32-26)18-22-16-27-29(4)17-22/h5-11,14,16-17H,12-13,15,18-19H2,1-4H3/t26-/m0/s1. The van der Waals surface area contributed by atoms with Crippen LogP contribution >= 0.6 is 0 Å². The van der Waals surface area contributed by atoms with Crippen molar-refractivity contribution >= 4 is 5.91 Å².